The van der Waals surface area contributed by atoms with Crippen LogP contribution in [0.3, 0.4) is 0 Å². The van der Waals surface area contributed by atoms with Gasteiger partial charge in [-0.1, -0.05) is 6.07 Å². The number of hydrogen-bond acceptors (Lipinski definition) is 9. The molecule has 0 aliphatic carbocycles. The molecule has 0 saturated heterocycles. The number of nitrogens with two attached hydrogens (primary N) is 1. The van der Waals surface area contributed by atoms with Gasteiger partial charge in [0.25, 0.3) is 17.7 Å². The van der Waals surface area contributed by atoms with Gasteiger partial charge in [0.15, 0.2) is 6.61 Å². The minimum atomic E-state index is -1.18. The lowest BCUT2D eigenvalue weighted by Gasteiger charge is -2.14. The van der Waals surface area contributed by atoms with Gasteiger partial charge in [-0.2, -0.15) is 0 Å². The van der Waals surface area contributed by atoms with Crippen LogP contribution in [-0.2, 0) is 28.7 Å². The molecule has 0 saturated carbocycles. The van der Waals surface area contributed by atoms with Crippen LogP contribution < -0.4 is 15.8 Å². The Bertz CT molecular complexity index is 955. The van der Waals surface area contributed by atoms with Crippen molar-refractivity contribution in [3.05, 3.63) is 42.0 Å². The van der Waals surface area contributed by atoms with E-state index < -0.39 is 54.8 Å². The van der Waals surface area contributed by atoms with Crippen molar-refractivity contribution in [3.63, 3.8) is 0 Å². The second kappa shape index (κ2) is 12.1. The monoisotopic (exact) mass is 461 g/mol. The average Bonchev–Trinajstić information content (AvgIpc) is 3.10. The number of nitrogens with one attached hydrogen (secondary N) is 1. The van der Waals surface area contributed by atoms with E-state index in [1.807, 2.05) is 0 Å². The predicted molar refractivity (Wildman–Crippen MR) is 111 cm³/mol. The van der Waals surface area contributed by atoms with Gasteiger partial charge >= 0.3 is 17.9 Å². The van der Waals surface area contributed by atoms with E-state index in [1.54, 1.807) is 0 Å². The Hall–Kier alpha value is -4.06. The fourth-order valence-corrected chi connectivity index (χ4v) is 2.75. The summed E-state index contributed by atoms with van der Waals surface area (Å²) in [7, 11) is 0. The van der Waals surface area contributed by atoms with Crippen LogP contribution in [0.2, 0.25) is 0 Å². The van der Waals surface area contributed by atoms with E-state index in [0.717, 1.165) is 4.90 Å². The number of carbonyl (C=O) groups is 6. The number of carbonyl (C=O) groups excluding carboxylic acids is 5. The summed E-state index contributed by atoms with van der Waals surface area (Å²) in [5.74, 6) is -4.44. The zero-order valence-corrected chi connectivity index (χ0v) is 17.5. The molecule has 1 aromatic rings. The third-order valence-electron chi connectivity index (χ3n) is 4.42. The maximum atomic E-state index is 12.1. The van der Waals surface area contributed by atoms with Crippen LogP contribution in [-0.4, -0.2) is 71.4 Å². The van der Waals surface area contributed by atoms with E-state index in [4.69, 9.17) is 15.6 Å². The minimum Gasteiger partial charge on any atom is -0.482 e. The number of hydrogen-bond donors (Lipinski definition) is 3. The Morgan fingerprint density at radius 3 is 2.45 bits per heavy atom. The largest absolute Gasteiger partial charge is 0.482 e. The maximum absolute atomic E-state index is 12.1. The highest BCUT2D eigenvalue weighted by Crippen LogP contribution is 2.13. The summed E-state index contributed by atoms with van der Waals surface area (Å²) in [6.07, 6.45) is 3.38. The van der Waals surface area contributed by atoms with Crippen molar-refractivity contribution in [2.45, 2.75) is 25.3 Å². The Kier molecular flexibility index (Phi) is 9.24. The Morgan fingerprint density at radius 2 is 1.79 bits per heavy atom. The lowest BCUT2D eigenvalue weighted by atomic mass is 10.1. The SMILES string of the molecule is N[C@H](CCCCN1C(=O)C=CC1=O)C(=O)OC(=O)CNC(=O)c1cccc(OCC(=O)O)c1. The first-order valence-corrected chi connectivity index (χ1v) is 9.94. The molecule has 0 spiro atoms. The smallest absolute Gasteiger partial charge is 0.341 e. The normalized spacial score (nSPS) is 13.5. The van der Waals surface area contributed by atoms with Crippen LogP contribution in [0.4, 0.5) is 0 Å². The third-order valence-corrected chi connectivity index (χ3v) is 4.42. The first-order valence-electron chi connectivity index (χ1n) is 9.94. The number of rotatable bonds is 12. The molecule has 1 atom stereocenters. The summed E-state index contributed by atoms with van der Waals surface area (Å²) in [5.41, 5.74) is 5.81. The molecule has 176 valence electrons. The molecule has 0 aromatic heterocycles. The topological polar surface area (TPSA) is 182 Å². The molecule has 0 unspecified atom stereocenters. The Morgan fingerprint density at radius 1 is 1.09 bits per heavy atom. The molecule has 1 aliphatic heterocycles. The van der Waals surface area contributed by atoms with Crippen molar-refractivity contribution in [2.24, 2.45) is 5.73 Å². The number of carboxylic acid groups (broad SMARTS) is 1. The number of unbranched alkanes of at least 4 members (excludes halogenated alkanes) is 1. The van der Waals surface area contributed by atoms with Crippen LogP contribution in [0.25, 0.3) is 0 Å². The zero-order valence-electron chi connectivity index (χ0n) is 17.5. The molecule has 3 amide bonds. The molecule has 12 heteroatoms. The molecule has 0 fully saturated rings. The van der Waals surface area contributed by atoms with Crippen LogP contribution in [0, 0.1) is 0 Å². The number of benzene rings is 1. The van der Waals surface area contributed by atoms with E-state index >= 15 is 0 Å². The number of esters is 2. The summed E-state index contributed by atoms with van der Waals surface area (Å²) in [6.45, 7) is -0.977. The van der Waals surface area contributed by atoms with Crippen molar-refractivity contribution >= 4 is 35.6 Å². The summed E-state index contributed by atoms with van der Waals surface area (Å²) in [5, 5.41) is 10.9. The summed E-state index contributed by atoms with van der Waals surface area (Å²) in [4.78, 5) is 70.4. The van der Waals surface area contributed by atoms with Crippen LogP contribution in [0.1, 0.15) is 29.6 Å². The van der Waals surface area contributed by atoms with Crippen LogP contribution >= 0.6 is 0 Å². The van der Waals surface area contributed by atoms with Gasteiger partial charge in [-0.15, -0.1) is 0 Å². The van der Waals surface area contributed by atoms with Gasteiger partial charge in [0, 0.05) is 24.3 Å². The van der Waals surface area contributed by atoms with E-state index in [2.05, 4.69) is 10.1 Å². The first-order chi connectivity index (χ1) is 15.7. The molecule has 2 rings (SSSR count). The second-order valence-corrected chi connectivity index (χ2v) is 6.95. The minimum absolute atomic E-state index is 0.110. The van der Waals surface area contributed by atoms with Gasteiger partial charge in [0.05, 0.1) is 0 Å². The van der Waals surface area contributed by atoms with E-state index in [-0.39, 0.29) is 24.3 Å². The molecule has 0 bridgehead atoms. The van der Waals surface area contributed by atoms with Crippen molar-refractivity contribution in [3.8, 4) is 5.75 Å². The van der Waals surface area contributed by atoms with E-state index in [0.29, 0.717) is 12.8 Å². The summed E-state index contributed by atoms with van der Waals surface area (Å²) >= 11 is 0. The molecule has 1 heterocycles. The molecule has 1 aliphatic rings. The predicted octanol–water partition coefficient (Wildman–Crippen LogP) is -0.628. The molecule has 33 heavy (non-hydrogen) atoms. The van der Waals surface area contributed by atoms with Gasteiger partial charge in [-0.25, -0.2) is 14.4 Å². The molecule has 4 N–H and O–H groups in total. The fourth-order valence-electron chi connectivity index (χ4n) is 2.75. The average molecular weight is 461 g/mol. The molecule has 0 radical (unpaired) electrons. The molecular weight excluding hydrogens is 438 g/mol. The fraction of sp³-hybridized carbons (Fsp3) is 0.333. The van der Waals surface area contributed by atoms with Crippen LogP contribution in [0.5, 0.6) is 5.75 Å². The number of aliphatic carboxylic acids is 1. The number of ether oxygens (including phenoxy) is 2. The lowest BCUT2D eigenvalue weighted by molar-refractivity contribution is -0.160. The highest BCUT2D eigenvalue weighted by Gasteiger charge is 2.23. The van der Waals surface area contributed by atoms with Gasteiger partial charge in [0.2, 0.25) is 0 Å². The van der Waals surface area contributed by atoms with Gasteiger partial charge in [-0.05, 0) is 37.5 Å². The summed E-state index contributed by atoms with van der Waals surface area (Å²) in [6, 6.07) is 4.57. The highest BCUT2D eigenvalue weighted by atomic mass is 16.6. The standard InChI is InChI=1S/C21H23N3O9/c22-15(6-1-2-9-24-16(25)7-8-17(24)26)21(31)33-19(29)11-23-20(30)13-4-3-5-14(10-13)32-12-18(27)28/h3-5,7-8,10,15H,1-2,6,9,11-12,22H2,(H,23,30)(H,27,28)/t15-/m1/s1. The third kappa shape index (κ3) is 8.18. The first kappa shape index (κ1) is 25.2. The lowest BCUT2D eigenvalue weighted by Crippen LogP contribution is -2.37. The number of carboxylic acids is 1. The van der Waals surface area contributed by atoms with E-state index in [9.17, 15) is 28.8 Å². The second-order valence-electron chi connectivity index (χ2n) is 6.95. The maximum Gasteiger partial charge on any atom is 0.341 e. The van der Waals surface area contributed by atoms with Crippen LogP contribution in [0.15, 0.2) is 36.4 Å². The van der Waals surface area contributed by atoms with Crippen molar-refractivity contribution < 1.29 is 43.3 Å². The number of amides is 3. The van der Waals surface area contributed by atoms with Gasteiger partial charge < -0.3 is 25.6 Å². The Labute approximate surface area is 188 Å². The molecule has 1 aromatic carbocycles. The number of nitrogens with zero attached hydrogens (tertiary/aromatic N) is 1. The highest BCUT2D eigenvalue weighted by molar-refractivity contribution is 6.12. The quantitative estimate of drug-likeness (QED) is 0.157. The van der Waals surface area contributed by atoms with Gasteiger partial charge in [0.1, 0.15) is 18.3 Å². The van der Waals surface area contributed by atoms with Crippen molar-refractivity contribution in [1.82, 2.24) is 10.2 Å². The van der Waals surface area contributed by atoms with E-state index in [1.165, 1.54) is 36.4 Å². The van der Waals surface area contributed by atoms with Gasteiger partial charge in [-0.3, -0.25) is 19.3 Å². The Balaban J connectivity index is 1.68. The number of imide groups is 1. The molecule has 12 nitrogen and oxygen atoms in total. The zero-order chi connectivity index (χ0) is 24.4. The van der Waals surface area contributed by atoms with Crippen molar-refractivity contribution in [2.75, 3.05) is 19.7 Å². The summed E-state index contributed by atoms with van der Waals surface area (Å²) < 4.78 is 9.59. The molecular formula is C21H23N3O9. The van der Waals surface area contributed by atoms with Crippen molar-refractivity contribution in [1.29, 1.82) is 0 Å².